The summed E-state index contributed by atoms with van der Waals surface area (Å²) >= 11 is 6.02. The second kappa shape index (κ2) is 5.66. The van der Waals surface area contributed by atoms with E-state index in [-0.39, 0.29) is 0 Å². The molecule has 0 saturated heterocycles. The molecule has 0 radical (unpaired) electrons. The van der Waals surface area contributed by atoms with Crippen LogP contribution in [0.4, 0.5) is 0 Å². The lowest BCUT2D eigenvalue weighted by molar-refractivity contribution is 0.0733. The number of esters is 1. The largest absolute Gasteiger partial charge is 0.486 e. The van der Waals surface area contributed by atoms with Gasteiger partial charge in [-0.2, -0.15) is 0 Å². The van der Waals surface area contributed by atoms with Crippen LogP contribution in [0.1, 0.15) is 15.9 Å². The highest BCUT2D eigenvalue weighted by molar-refractivity contribution is 6.32. The Hall–Kier alpha value is -2.20. The Morgan fingerprint density at radius 2 is 1.86 bits per heavy atom. The Morgan fingerprint density at radius 3 is 2.67 bits per heavy atom. The van der Waals surface area contributed by atoms with Crippen molar-refractivity contribution in [1.82, 2.24) is 0 Å². The maximum atomic E-state index is 12.2. The SMILES string of the molecule is Cc1ccc(Cl)c(OC(=O)c2ccc3c(c2)OCCO3)c1. The molecule has 0 aliphatic carbocycles. The van der Waals surface area contributed by atoms with Gasteiger partial charge in [0.25, 0.3) is 0 Å². The molecule has 2 aromatic rings. The number of rotatable bonds is 2. The molecule has 0 atom stereocenters. The van der Waals surface area contributed by atoms with Gasteiger partial charge in [-0.3, -0.25) is 0 Å². The van der Waals surface area contributed by atoms with E-state index in [0.29, 0.717) is 41.0 Å². The first-order valence-corrected chi connectivity index (χ1v) is 6.89. The van der Waals surface area contributed by atoms with Gasteiger partial charge in [-0.1, -0.05) is 17.7 Å². The van der Waals surface area contributed by atoms with Gasteiger partial charge in [0.1, 0.15) is 19.0 Å². The predicted molar refractivity (Wildman–Crippen MR) is 78.6 cm³/mol. The number of aryl methyl sites for hydroxylation is 1. The third-order valence-electron chi connectivity index (χ3n) is 3.07. The molecule has 0 saturated carbocycles. The van der Waals surface area contributed by atoms with Crippen molar-refractivity contribution in [3.8, 4) is 17.2 Å². The molecule has 1 aliphatic rings. The Balaban J connectivity index is 1.83. The van der Waals surface area contributed by atoms with Crippen LogP contribution in [0, 0.1) is 6.92 Å². The molecule has 2 aromatic carbocycles. The zero-order chi connectivity index (χ0) is 14.8. The lowest BCUT2D eigenvalue weighted by Crippen LogP contribution is -2.16. The summed E-state index contributed by atoms with van der Waals surface area (Å²) in [4.78, 5) is 12.2. The van der Waals surface area contributed by atoms with Crippen LogP contribution in [0.2, 0.25) is 5.02 Å². The number of carbonyl (C=O) groups is 1. The fourth-order valence-electron chi connectivity index (χ4n) is 2.02. The number of benzene rings is 2. The fourth-order valence-corrected chi connectivity index (χ4v) is 2.17. The van der Waals surface area contributed by atoms with E-state index < -0.39 is 5.97 Å². The molecule has 21 heavy (non-hydrogen) atoms. The maximum Gasteiger partial charge on any atom is 0.343 e. The minimum absolute atomic E-state index is 0.344. The molecule has 0 spiro atoms. The van der Waals surface area contributed by atoms with E-state index in [1.54, 1.807) is 30.3 Å². The van der Waals surface area contributed by atoms with Gasteiger partial charge >= 0.3 is 5.97 Å². The zero-order valence-electron chi connectivity index (χ0n) is 11.4. The van der Waals surface area contributed by atoms with Gasteiger partial charge in [0, 0.05) is 0 Å². The van der Waals surface area contributed by atoms with Gasteiger partial charge in [0.15, 0.2) is 11.5 Å². The monoisotopic (exact) mass is 304 g/mol. The van der Waals surface area contributed by atoms with Crippen molar-refractivity contribution in [1.29, 1.82) is 0 Å². The summed E-state index contributed by atoms with van der Waals surface area (Å²) in [7, 11) is 0. The third kappa shape index (κ3) is 2.95. The number of ether oxygens (including phenoxy) is 3. The zero-order valence-corrected chi connectivity index (χ0v) is 12.1. The number of halogens is 1. The van der Waals surface area contributed by atoms with Crippen LogP contribution in [0.15, 0.2) is 36.4 Å². The predicted octanol–water partition coefficient (Wildman–Crippen LogP) is 3.64. The van der Waals surface area contributed by atoms with Crippen molar-refractivity contribution < 1.29 is 19.0 Å². The van der Waals surface area contributed by atoms with E-state index in [4.69, 9.17) is 25.8 Å². The van der Waals surface area contributed by atoms with Gasteiger partial charge in [-0.05, 0) is 42.8 Å². The summed E-state index contributed by atoms with van der Waals surface area (Å²) in [6.07, 6.45) is 0. The van der Waals surface area contributed by atoms with E-state index in [1.165, 1.54) is 0 Å². The summed E-state index contributed by atoms with van der Waals surface area (Å²) in [5.41, 5.74) is 1.35. The lowest BCUT2D eigenvalue weighted by atomic mass is 10.2. The standard InChI is InChI=1S/C16H13ClO4/c1-10-2-4-12(17)14(8-10)21-16(18)11-3-5-13-15(9-11)20-7-6-19-13/h2-5,8-9H,6-7H2,1H3. The molecule has 4 nitrogen and oxygen atoms in total. The topological polar surface area (TPSA) is 44.8 Å². The molecule has 1 heterocycles. The summed E-state index contributed by atoms with van der Waals surface area (Å²) < 4.78 is 16.2. The van der Waals surface area contributed by atoms with Crippen molar-refractivity contribution in [2.24, 2.45) is 0 Å². The van der Waals surface area contributed by atoms with Gasteiger partial charge in [0.05, 0.1) is 10.6 Å². The van der Waals surface area contributed by atoms with Gasteiger partial charge < -0.3 is 14.2 Å². The third-order valence-corrected chi connectivity index (χ3v) is 3.38. The Kier molecular flexibility index (Phi) is 3.71. The Morgan fingerprint density at radius 1 is 1.10 bits per heavy atom. The highest BCUT2D eigenvalue weighted by atomic mass is 35.5. The normalized spacial score (nSPS) is 12.9. The minimum Gasteiger partial charge on any atom is -0.486 e. The van der Waals surface area contributed by atoms with Crippen LogP contribution < -0.4 is 14.2 Å². The highest BCUT2D eigenvalue weighted by Crippen LogP contribution is 2.32. The number of carbonyl (C=O) groups excluding carboxylic acids is 1. The van der Waals surface area contributed by atoms with Gasteiger partial charge in [-0.15, -0.1) is 0 Å². The molecule has 3 rings (SSSR count). The smallest absolute Gasteiger partial charge is 0.343 e. The van der Waals surface area contributed by atoms with Crippen LogP contribution in [0.5, 0.6) is 17.2 Å². The average molecular weight is 305 g/mol. The first kappa shape index (κ1) is 13.8. The van der Waals surface area contributed by atoms with E-state index in [2.05, 4.69) is 0 Å². The number of hydrogen-bond acceptors (Lipinski definition) is 4. The first-order valence-electron chi connectivity index (χ1n) is 6.51. The average Bonchev–Trinajstić information content (AvgIpc) is 2.50. The summed E-state index contributed by atoms with van der Waals surface area (Å²) in [5, 5.41) is 0.395. The van der Waals surface area contributed by atoms with Crippen molar-refractivity contribution in [2.75, 3.05) is 13.2 Å². The molecule has 0 N–H and O–H groups in total. The molecule has 0 amide bonds. The summed E-state index contributed by atoms with van der Waals surface area (Å²) in [5.74, 6) is 1.04. The Labute approximate surface area is 127 Å². The first-order chi connectivity index (χ1) is 10.1. The number of hydrogen-bond donors (Lipinski definition) is 0. The molecular formula is C16H13ClO4. The molecular weight excluding hydrogens is 292 g/mol. The number of fused-ring (bicyclic) bond motifs is 1. The van der Waals surface area contributed by atoms with Gasteiger partial charge in [0.2, 0.25) is 0 Å². The van der Waals surface area contributed by atoms with E-state index in [1.807, 2.05) is 13.0 Å². The molecule has 1 aliphatic heterocycles. The van der Waals surface area contributed by atoms with E-state index >= 15 is 0 Å². The second-order valence-corrected chi connectivity index (χ2v) is 5.09. The summed E-state index contributed by atoms with van der Waals surface area (Å²) in [6, 6.07) is 10.2. The van der Waals surface area contributed by atoms with E-state index in [0.717, 1.165) is 5.56 Å². The molecule has 0 fully saturated rings. The molecule has 5 heteroatoms. The quantitative estimate of drug-likeness (QED) is 0.627. The molecule has 108 valence electrons. The van der Waals surface area contributed by atoms with E-state index in [9.17, 15) is 4.79 Å². The maximum absolute atomic E-state index is 12.2. The second-order valence-electron chi connectivity index (χ2n) is 4.68. The minimum atomic E-state index is -0.487. The van der Waals surface area contributed by atoms with Crippen LogP contribution >= 0.6 is 11.6 Å². The highest BCUT2D eigenvalue weighted by Gasteiger charge is 2.17. The fraction of sp³-hybridized carbons (Fsp3) is 0.188. The van der Waals surface area contributed by atoms with Crippen molar-refractivity contribution >= 4 is 17.6 Å². The van der Waals surface area contributed by atoms with Gasteiger partial charge in [-0.25, -0.2) is 4.79 Å². The lowest BCUT2D eigenvalue weighted by Gasteiger charge is -2.18. The van der Waals surface area contributed by atoms with Crippen LogP contribution in [-0.2, 0) is 0 Å². The van der Waals surface area contributed by atoms with Crippen LogP contribution in [-0.4, -0.2) is 19.2 Å². The molecule has 0 bridgehead atoms. The Bertz CT molecular complexity index is 697. The molecule has 0 aromatic heterocycles. The van der Waals surface area contributed by atoms with Crippen molar-refractivity contribution in [3.63, 3.8) is 0 Å². The van der Waals surface area contributed by atoms with Crippen LogP contribution in [0.3, 0.4) is 0 Å². The molecule has 0 unspecified atom stereocenters. The van der Waals surface area contributed by atoms with Crippen molar-refractivity contribution in [3.05, 3.63) is 52.5 Å². The van der Waals surface area contributed by atoms with Crippen LogP contribution in [0.25, 0.3) is 0 Å². The van der Waals surface area contributed by atoms with Crippen molar-refractivity contribution in [2.45, 2.75) is 6.92 Å². The summed E-state index contributed by atoms with van der Waals surface area (Å²) in [6.45, 7) is 2.88.